The largest absolute Gasteiger partial charge is 0.465 e. The lowest BCUT2D eigenvalue weighted by atomic mass is 10.1. The molecule has 0 aromatic heterocycles. The maximum absolute atomic E-state index is 12.7. The summed E-state index contributed by atoms with van der Waals surface area (Å²) in [6.45, 7) is 4.84. The Morgan fingerprint density at radius 3 is 2.56 bits per heavy atom. The number of morpholine rings is 1. The van der Waals surface area contributed by atoms with Crippen LogP contribution in [0.3, 0.4) is 0 Å². The molecule has 144 valence electrons. The first kappa shape index (κ1) is 19.2. The van der Waals surface area contributed by atoms with Gasteiger partial charge in [0.1, 0.15) is 0 Å². The molecule has 7 nitrogen and oxygen atoms in total. The van der Waals surface area contributed by atoms with Crippen molar-refractivity contribution in [3.05, 3.63) is 53.6 Å². The molecular weight excluding hydrogens is 368 g/mol. The van der Waals surface area contributed by atoms with E-state index in [0.717, 1.165) is 24.3 Å². The Bertz CT molecular complexity index is 937. The minimum atomic E-state index is -3.83. The second-order valence-corrected chi connectivity index (χ2v) is 7.91. The maximum atomic E-state index is 12.7. The highest BCUT2D eigenvalue weighted by Crippen LogP contribution is 2.26. The Morgan fingerprint density at radius 2 is 1.89 bits per heavy atom. The number of methoxy groups -OCH3 is 1. The molecule has 3 rings (SSSR count). The number of benzene rings is 2. The third-order valence-electron chi connectivity index (χ3n) is 4.40. The summed E-state index contributed by atoms with van der Waals surface area (Å²) < 4.78 is 38.0. The lowest BCUT2D eigenvalue weighted by Crippen LogP contribution is -2.36. The van der Waals surface area contributed by atoms with Gasteiger partial charge in [-0.05, 0) is 48.9 Å². The highest BCUT2D eigenvalue weighted by atomic mass is 32.2. The average molecular weight is 390 g/mol. The molecule has 27 heavy (non-hydrogen) atoms. The molecular formula is C19H22N2O5S. The van der Waals surface area contributed by atoms with E-state index >= 15 is 0 Å². The molecule has 1 N–H and O–H groups in total. The fourth-order valence-corrected chi connectivity index (χ4v) is 4.07. The minimum Gasteiger partial charge on any atom is -0.465 e. The van der Waals surface area contributed by atoms with Gasteiger partial charge in [-0.1, -0.05) is 6.07 Å². The Hall–Kier alpha value is -2.58. The first-order chi connectivity index (χ1) is 12.9. The summed E-state index contributed by atoms with van der Waals surface area (Å²) in [5, 5.41) is 0. The van der Waals surface area contributed by atoms with Crippen LogP contribution in [-0.2, 0) is 19.5 Å². The predicted molar refractivity (Wildman–Crippen MR) is 103 cm³/mol. The number of nitrogens with zero attached hydrogens (tertiary/aromatic N) is 1. The monoisotopic (exact) mass is 390 g/mol. The number of nitrogens with one attached hydrogen (secondary N) is 1. The van der Waals surface area contributed by atoms with Gasteiger partial charge in [0.2, 0.25) is 0 Å². The molecule has 2 aromatic carbocycles. The van der Waals surface area contributed by atoms with E-state index < -0.39 is 16.0 Å². The summed E-state index contributed by atoms with van der Waals surface area (Å²) in [6.07, 6.45) is 0. The predicted octanol–water partition coefficient (Wildman–Crippen LogP) is 2.42. The summed E-state index contributed by atoms with van der Waals surface area (Å²) in [7, 11) is -2.58. The SMILES string of the molecule is COC(=O)c1cccc(S(=O)(=O)Nc2ccc(N3CCOCC3)cc2C)c1. The smallest absolute Gasteiger partial charge is 0.337 e. The molecule has 1 fully saturated rings. The van der Waals surface area contributed by atoms with Crippen molar-refractivity contribution in [3.63, 3.8) is 0 Å². The van der Waals surface area contributed by atoms with Crippen LogP contribution in [0.1, 0.15) is 15.9 Å². The van der Waals surface area contributed by atoms with Crippen LogP contribution in [0.15, 0.2) is 47.4 Å². The van der Waals surface area contributed by atoms with Crippen molar-refractivity contribution >= 4 is 27.4 Å². The van der Waals surface area contributed by atoms with E-state index in [1.54, 1.807) is 6.07 Å². The van der Waals surface area contributed by atoms with Crippen LogP contribution < -0.4 is 9.62 Å². The van der Waals surface area contributed by atoms with E-state index in [1.807, 2.05) is 19.1 Å². The first-order valence-corrected chi connectivity index (χ1v) is 10.0. The molecule has 0 spiro atoms. The Kier molecular flexibility index (Phi) is 5.67. The van der Waals surface area contributed by atoms with Gasteiger partial charge in [-0.25, -0.2) is 13.2 Å². The summed E-state index contributed by atoms with van der Waals surface area (Å²) in [5.41, 5.74) is 2.52. The zero-order valence-electron chi connectivity index (χ0n) is 15.3. The van der Waals surface area contributed by atoms with Gasteiger partial charge in [-0.3, -0.25) is 4.72 Å². The number of aryl methyl sites for hydroxylation is 1. The molecule has 8 heteroatoms. The van der Waals surface area contributed by atoms with Crippen molar-refractivity contribution < 1.29 is 22.7 Å². The standard InChI is InChI=1S/C19H22N2O5S/c1-14-12-16(21-8-10-26-11-9-21)6-7-18(14)20-27(23,24)17-5-3-4-15(13-17)19(22)25-2/h3-7,12-13,20H,8-11H2,1-2H3. The van der Waals surface area contributed by atoms with Gasteiger partial charge in [0.15, 0.2) is 0 Å². The molecule has 0 saturated carbocycles. The molecule has 1 aliphatic heterocycles. The highest BCUT2D eigenvalue weighted by Gasteiger charge is 2.18. The third-order valence-corrected chi connectivity index (χ3v) is 5.76. The van der Waals surface area contributed by atoms with Crippen LogP contribution in [0.4, 0.5) is 11.4 Å². The Labute approximate surface area is 158 Å². The number of esters is 1. The zero-order valence-corrected chi connectivity index (χ0v) is 16.1. The number of carbonyl (C=O) groups is 1. The van der Waals surface area contributed by atoms with E-state index in [4.69, 9.17) is 4.74 Å². The van der Waals surface area contributed by atoms with Crippen LogP contribution in [-0.4, -0.2) is 47.8 Å². The van der Waals surface area contributed by atoms with Crippen LogP contribution in [0, 0.1) is 6.92 Å². The summed E-state index contributed by atoms with van der Waals surface area (Å²) in [5.74, 6) is -0.585. The number of carbonyl (C=O) groups excluding carboxylic acids is 1. The second kappa shape index (κ2) is 7.98. The first-order valence-electron chi connectivity index (χ1n) is 8.55. The summed E-state index contributed by atoms with van der Waals surface area (Å²) >= 11 is 0. The molecule has 2 aromatic rings. The summed E-state index contributed by atoms with van der Waals surface area (Å²) in [4.78, 5) is 13.8. The molecule has 0 atom stereocenters. The number of hydrogen-bond acceptors (Lipinski definition) is 6. The number of anilines is 2. The van der Waals surface area contributed by atoms with Crippen LogP contribution in [0.2, 0.25) is 0 Å². The van der Waals surface area contributed by atoms with Crippen molar-refractivity contribution in [2.45, 2.75) is 11.8 Å². The molecule has 0 aliphatic carbocycles. The lowest BCUT2D eigenvalue weighted by Gasteiger charge is -2.29. The number of rotatable bonds is 5. The Morgan fingerprint density at radius 1 is 1.15 bits per heavy atom. The normalized spacial score (nSPS) is 14.7. The van der Waals surface area contributed by atoms with Crippen molar-refractivity contribution in [1.29, 1.82) is 0 Å². The quantitative estimate of drug-likeness (QED) is 0.790. The lowest BCUT2D eigenvalue weighted by molar-refractivity contribution is 0.0600. The van der Waals surface area contributed by atoms with Gasteiger partial charge in [0.25, 0.3) is 10.0 Å². The van der Waals surface area contributed by atoms with Crippen molar-refractivity contribution in [1.82, 2.24) is 0 Å². The molecule has 0 radical (unpaired) electrons. The molecule has 0 bridgehead atoms. The van der Waals surface area contributed by atoms with Crippen LogP contribution in [0.25, 0.3) is 0 Å². The molecule has 1 heterocycles. The van der Waals surface area contributed by atoms with E-state index in [2.05, 4.69) is 14.4 Å². The molecule has 0 amide bonds. The fraction of sp³-hybridized carbons (Fsp3) is 0.316. The summed E-state index contributed by atoms with van der Waals surface area (Å²) in [6, 6.07) is 11.3. The van der Waals surface area contributed by atoms with Gasteiger partial charge in [0, 0.05) is 18.8 Å². The van der Waals surface area contributed by atoms with Gasteiger partial charge in [-0.15, -0.1) is 0 Å². The zero-order chi connectivity index (χ0) is 19.4. The van der Waals surface area contributed by atoms with E-state index in [1.165, 1.54) is 31.4 Å². The van der Waals surface area contributed by atoms with Gasteiger partial charge in [0.05, 0.1) is 36.5 Å². The van der Waals surface area contributed by atoms with Gasteiger partial charge in [-0.2, -0.15) is 0 Å². The van der Waals surface area contributed by atoms with Crippen LogP contribution >= 0.6 is 0 Å². The van der Waals surface area contributed by atoms with Gasteiger partial charge < -0.3 is 14.4 Å². The topological polar surface area (TPSA) is 84.9 Å². The Balaban J connectivity index is 1.82. The molecule has 1 saturated heterocycles. The van der Waals surface area contributed by atoms with Crippen molar-refractivity contribution in [3.8, 4) is 0 Å². The van der Waals surface area contributed by atoms with Gasteiger partial charge >= 0.3 is 5.97 Å². The van der Waals surface area contributed by atoms with E-state index in [9.17, 15) is 13.2 Å². The minimum absolute atomic E-state index is 0.00190. The van der Waals surface area contributed by atoms with E-state index in [-0.39, 0.29) is 10.5 Å². The third kappa shape index (κ3) is 4.40. The number of sulfonamides is 1. The molecule has 0 unspecified atom stereocenters. The number of hydrogen-bond donors (Lipinski definition) is 1. The molecule has 1 aliphatic rings. The average Bonchev–Trinajstić information content (AvgIpc) is 2.69. The number of ether oxygens (including phenoxy) is 2. The fourth-order valence-electron chi connectivity index (χ4n) is 2.89. The highest BCUT2D eigenvalue weighted by molar-refractivity contribution is 7.92. The van der Waals surface area contributed by atoms with Crippen LogP contribution in [0.5, 0.6) is 0 Å². The second-order valence-electron chi connectivity index (χ2n) is 6.22. The maximum Gasteiger partial charge on any atom is 0.337 e. The van der Waals surface area contributed by atoms with E-state index in [0.29, 0.717) is 18.9 Å². The van der Waals surface area contributed by atoms with Crippen molar-refractivity contribution in [2.75, 3.05) is 43.0 Å². The van der Waals surface area contributed by atoms with Crippen molar-refractivity contribution in [2.24, 2.45) is 0 Å².